The van der Waals surface area contributed by atoms with Crippen LogP contribution >= 0.6 is 0 Å². The van der Waals surface area contributed by atoms with E-state index in [1.807, 2.05) is 81.4 Å². The summed E-state index contributed by atoms with van der Waals surface area (Å²) >= 11 is 0. The molecule has 0 fully saturated rings. The van der Waals surface area contributed by atoms with Crippen molar-refractivity contribution in [1.82, 2.24) is 19.9 Å². The van der Waals surface area contributed by atoms with Gasteiger partial charge in [0, 0.05) is 35.6 Å². The number of aromatic nitrogens is 3. The van der Waals surface area contributed by atoms with Crippen molar-refractivity contribution in [3.63, 3.8) is 0 Å². The minimum Gasteiger partial charge on any atom is -0.438 e. The second kappa shape index (κ2) is 11.9. The molecule has 0 bridgehead atoms. The van der Waals surface area contributed by atoms with Gasteiger partial charge in [-0.05, 0) is 81.2 Å². The average molecular weight is 492 g/mol. The van der Waals surface area contributed by atoms with Crippen molar-refractivity contribution in [2.45, 2.75) is 20.3 Å². The fourth-order valence-corrected chi connectivity index (χ4v) is 3.57. The lowest BCUT2D eigenvalue weighted by molar-refractivity contribution is 0.102. The molecule has 1 amide bonds. The summed E-state index contributed by atoms with van der Waals surface area (Å²) < 4.78 is 6.18. The van der Waals surface area contributed by atoms with Gasteiger partial charge in [0.15, 0.2) is 0 Å². The van der Waals surface area contributed by atoms with Crippen LogP contribution in [0.1, 0.15) is 34.2 Å². The first-order chi connectivity index (χ1) is 17.9. The highest BCUT2D eigenvalue weighted by atomic mass is 16.5. The van der Waals surface area contributed by atoms with E-state index in [0.717, 1.165) is 34.6 Å². The lowest BCUT2D eigenvalue weighted by Gasteiger charge is -2.13. The van der Waals surface area contributed by atoms with Crippen LogP contribution in [-0.4, -0.2) is 46.4 Å². The molecule has 0 radical (unpaired) electrons. The van der Waals surface area contributed by atoms with Gasteiger partial charge in [-0.2, -0.15) is 0 Å². The summed E-state index contributed by atoms with van der Waals surface area (Å²) in [7, 11) is 3.93. The standard InChI is InChI=1S/C30H29N5O2/c1-5-28-31-17-15-26(34-28)25-12-7-16-32-30(25)37-27-14-13-24(19-21(27)2)33-29(36)23-11-6-9-22(20-23)10-8-18-35(3)4/h6-7,9,11-17,19-20H,5,18H2,1-4H3,(H,33,36). The van der Waals surface area contributed by atoms with E-state index in [2.05, 4.69) is 32.1 Å². The number of ether oxygens (including phenoxy) is 1. The molecule has 0 aliphatic rings. The van der Waals surface area contributed by atoms with E-state index in [4.69, 9.17) is 4.74 Å². The van der Waals surface area contributed by atoms with Gasteiger partial charge >= 0.3 is 0 Å². The Bertz CT molecular complexity index is 1470. The number of aryl methyl sites for hydroxylation is 2. The smallest absolute Gasteiger partial charge is 0.255 e. The number of benzene rings is 2. The largest absolute Gasteiger partial charge is 0.438 e. The van der Waals surface area contributed by atoms with Crippen LogP contribution in [0, 0.1) is 18.8 Å². The number of hydrogen-bond acceptors (Lipinski definition) is 6. The molecule has 0 atom stereocenters. The number of hydrogen-bond donors (Lipinski definition) is 1. The molecule has 0 saturated heterocycles. The Hall–Kier alpha value is -4.54. The van der Waals surface area contributed by atoms with Gasteiger partial charge < -0.3 is 10.1 Å². The van der Waals surface area contributed by atoms with Gasteiger partial charge in [-0.1, -0.05) is 24.8 Å². The van der Waals surface area contributed by atoms with Gasteiger partial charge in [-0.3, -0.25) is 9.69 Å². The number of anilines is 1. The maximum Gasteiger partial charge on any atom is 0.255 e. The highest BCUT2D eigenvalue weighted by molar-refractivity contribution is 6.04. The van der Waals surface area contributed by atoms with Gasteiger partial charge in [0.1, 0.15) is 11.6 Å². The van der Waals surface area contributed by atoms with Gasteiger partial charge in [-0.25, -0.2) is 15.0 Å². The maximum atomic E-state index is 12.9. The molecule has 2 heterocycles. The predicted molar refractivity (Wildman–Crippen MR) is 146 cm³/mol. The summed E-state index contributed by atoms with van der Waals surface area (Å²) in [6.45, 7) is 4.60. The minimum absolute atomic E-state index is 0.202. The Morgan fingerprint density at radius 1 is 1.03 bits per heavy atom. The van der Waals surface area contributed by atoms with Gasteiger partial charge in [0.2, 0.25) is 5.88 Å². The number of carbonyl (C=O) groups is 1. The molecular formula is C30H29N5O2. The van der Waals surface area contributed by atoms with Crippen molar-refractivity contribution in [1.29, 1.82) is 0 Å². The summed E-state index contributed by atoms with van der Waals surface area (Å²) in [5.41, 5.74) is 4.41. The Morgan fingerprint density at radius 2 is 1.89 bits per heavy atom. The van der Waals surface area contributed by atoms with Crippen LogP contribution in [-0.2, 0) is 6.42 Å². The Labute approximate surface area is 217 Å². The molecule has 0 aliphatic heterocycles. The van der Waals surface area contributed by atoms with Crippen LogP contribution in [0.2, 0.25) is 0 Å². The number of rotatable bonds is 7. The monoisotopic (exact) mass is 491 g/mol. The number of pyridine rings is 1. The normalized spacial score (nSPS) is 10.5. The quantitative estimate of drug-likeness (QED) is 0.350. The molecule has 7 heteroatoms. The second-order valence-electron chi connectivity index (χ2n) is 8.72. The van der Waals surface area contributed by atoms with Crippen molar-refractivity contribution in [3.8, 4) is 34.7 Å². The molecule has 2 aromatic heterocycles. The molecule has 7 nitrogen and oxygen atoms in total. The topological polar surface area (TPSA) is 80.2 Å². The van der Waals surface area contributed by atoms with E-state index >= 15 is 0 Å². The van der Waals surface area contributed by atoms with Crippen LogP contribution in [0.25, 0.3) is 11.3 Å². The average Bonchev–Trinajstić information content (AvgIpc) is 2.90. The molecule has 4 aromatic rings. The number of nitrogens with zero attached hydrogens (tertiary/aromatic N) is 4. The van der Waals surface area contributed by atoms with E-state index in [1.54, 1.807) is 24.5 Å². The number of nitrogens with one attached hydrogen (secondary N) is 1. The summed E-state index contributed by atoms with van der Waals surface area (Å²) in [4.78, 5) is 28.2. The highest BCUT2D eigenvalue weighted by Crippen LogP contribution is 2.32. The lowest BCUT2D eigenvalue weighted by atomic mass is 10.1. The fourth-order valence-electron chi connectivity index (χ4n) is 3.57. The third kappa shape index (κ3) is 6.78. The van der Waals surface area contributed by atoms with E-state index in [-0.39, 0.29) is 5.91 Å². The molecule has 0 spiro atoms. The van der Waals surface area contributed by atoms with E-state index < -0.39 is 0 Å². The Balaban J connectivity index is 1.49. The molecule has 2 aromatic carbocycles. The van der Waals surface area contributed by atoms with Crippen LogP contribution in [0.3, 0.4) is 0 Å². The van der Waals surface area contributed by atoms with Crippen LogP contribution in [0.4, 0.5) is 5.69 Å². The Morgan fingerprint density at radius 3 is 2.68 bits per heavy atom. The molecule has 0 aliphatic carbocycles. The van der Waals surface area contributed by atoms with Crippen molar-refractivity contribution in [2.75, 3.05) is 26.0 Å². The van der Waals surface area contributed by atoms with Gasteiger partial charge in [0.25, 0.3) is 5.91 Å². The molecule has 4 rings (SSSR count). The molecule has 186 valence electrons. The van der Waals surface area contributed by atoms with Crippen molar-refractivity contribution < 1.29 is 9.53 Å². The minimum atomic E-state index is -0.202. The predicted octanol–water partition coefficient (Wildman–Crippen LogP) is 5.37. The molecule has 0 saturated carbocycles. The van der Waals surface area contributed by atoms with Gasteiger partial charge in [0.05, 0.1) is 17.8 Å². The molecule has 37 heavy (non-hydrogen) atoms. The van der Waals surface area contributed by atoms with Crippen molar-refractivity contribution in [2.24, 2.45) is 0 Å². The van der Waals surface area contributed by atoms with E-state index in [1.165, 1.54) is 0 Å². The van der Waals surface area contributed by atoms with E-state index in [9.17, 15) is 4.79 Å². The van der Waals surface area contributed by atoms with Crippen LogP contribution in [0.15, 0.2) is 73.1 Å². The molecule has 1 N–H and O–H groups in total. The van der Waals surface area contributed by atoms with Crippen molar-refractivity contribution in [3.05, 3.63) is 95.6 Å². The fraction of sp³-hybridized carbons (Fsp3) is 0.200. The zero-order valence-corrected chi connectivity index (χ0v) is 21.4. The number of carbonyl (C=O) groups excluding carboxylic acids is 1. The summed E-state index contributed by atoms with van der Waals surface area (Å²) in [5, 5.41) is 2.96. The first kappa shape index (κ1) is 25.5. The maximum absolute atomic E-state index is 12.9. The molecular weight excluding hydrogens is 462 g/mol. The highest BCUT2D eigenvalue weighted by Gasteiger charge is 2.13. The van der Waals surface area contributed by atoms with Gasteiger partial charge in [-0.15, -0.1) is 0 Å². The van der Waals surface area contributed by atoms with E-state index in [0.29, 0.717) is 29.4 Å². The SMILES string of the molecule is CCc1nccc(-c2cccnc2Oc2ccc(NC(=O)c3cccc(C#CCN(C)C)c3)cc2C)n1. The first-order valence-corrected chi connectivity index (χ1v) is 12.0. The second-order valence-corrected chi connectivity index (χ2v) is 8.72. The number of amides is 1. The Kier molecular flexibility index (Phi) is 8.24. The first-order valence-electron chi connectivity index (χ1n) is 12.0. The lowest BCUT2D eigenvalue weighted by Crippen LogP contribution is -2.12. The summed E-state index contributed by atoms with van der Waals surface area (Å²) in [6, 6.07) is 18.4. The van der Waals surface area contributed by atoms with Crippen LogP contribution < -0.4 is 10.1 Å². The third-order valence-electron chi connectivity index (χ3n) is 5.46. The van der Waals surface area contributed by atoms with Crippen LogP contribution in [0.5, 0.6) is 11.6 Å². The summed E-state index contributed by atoms with van der Waals surface area (Å²) in [5.74, 6) is 7.83. The summed E-state index contributed by atoms with van der Waals surface area (Å²) in [6.07, 6.45) is 4.17. The third-order valence-corrected chi connectivity index (χ3v) is 5.46. The zero-order chi connectivity index (χ0) is 26.2. The zero-order valence-electron chi connectivity index (χ0n) is 21.4. The molecule has 0 unspecified atom stereocenters. The van der Waals surface area contributed by atoms with Crippen molar-refractivity contribution >= 4 is 11.6 Å².